The van der Waals surface area contributed by atoms with E-state index in [1.807, 2.05) is 18.3 Å². The molecule has 0 spiro atoms. The molecule has 0 unspecified atom stereocenters. The Morgan fingerprint density at radius 1 is 1.25 bits per heavy atom. The highest BCUT2D eigenvalue weighted by molar-refractivity contribution is 14.0. The summed E-state index contributed by atoms with van der Waals surface area (Å²) in [4.78, 5) is 8.58. The lowest BCUT2D eigenvalue weighted by atomic mass is 10.3. The molecule has 0 saturated heterocycles. The van der Waals surface area contributed by atoms with Crippen molar-refractivity contribution in [1.82, 2.24) is 15.6 Å². The number of guanidine groups is 1. The molecule has 0 amide bonds. The largest absolute Gasteiger partial charge is 0.477 e. The molecule has 1 fully saturated rings. The Labute approximate surface area is 164 Å². The lowest BCUT2D eigenvalue weighted by molar-refractivity contribution is 0.288. The molecule has 2 N–H and O–H groups in total. The van der Waals surface area contributed by atoms with Crippen LogP contribution in [0.4, 0.5) is 0 Å². The summed E-state index contributed by atoms with van der Waals surface area (Å²) in [7, 11) is 1.77. The quantitative estimate of drug-likeness (QED) is 0.380. The third kappa shape index (κ3) is 6.27. The highest BCUT2D eigenvalue weighted by Crippen LogP contribution is 2.29. The highest BCUT2D eigenvalue weighted by Gasteiger charge is 2.21. The normalized spacial score (nSPS) is 14.0. The van der Waals surface area contributed by atoms with Crippen molar-refractivity contribution in [3.63, 3.8) is 0 Å². The number of ether oxygens (including phenoxy) is 1. The van der Waals surface area contributed by atoms with Crippen LogP contribution in [-0.4, -0.2) is 24.6 Å². The number of nitrogens with one attached hydrogen (secondary N) is 2. The second kappa shape index (κ2) is 9.83. The molecule has 7 heteroatoms. The van der Waals surface area contributed by atoms with Gasteiger partial charge in [-0.15, -0.1) is 24.0 Å². The van der Waals surface area contributed by atoms with E-state index in [4.69, 9.17) is 4.74 Å². The van der Waals surface area contributed by atoms with Gasteiger partial charge in [-0.1, -0.05) is 6.07 Å². The molecule has 0 aromatic carbocycles. The minimum Gasteiger partial charge on any atom is -0.477 e. The Morgan fingerprint density at radius 2 is 2.04 bits per heavy atom. The molecular weight excluding hydrogens is 435 g/mol. The SMILES string of the molecule is CN=C(NCc1ccc(OCC2CC2)nc1)NCc1ccsc1.I. The van der Waals surface area contributed by atoms with Crippen molar-refractivity contribution in [2.24, 2.45) is 10.9 Å². The number of nitrogens with zero attached hydrogens (tertiary/aromatic N) is 2. The van der Waals surface area contributed by atoms with Gasteiger partial charge in [0.1, 0.15) is 0 Å². The van der Waals surface area contributed by atoms with Gasteiger partial charge in [-0.2, -0.15) is 11.3 Å². The van der Waals surface area contributed by atoms with Gasteiger partial charge in [-0.3, -0.25) is 4.99 Å². The van der Waals surface area contributed by atoms with Crippen molar-refractivity contribution < 1.29 is 4.74 Å². The number of pyridine rings is 1. The zero-order valence-electron chi connectivity index (χ0n) is 13.7. The van der Waals surface area contributed by atoms with Gasteiger partial charge >= 0.3 is 0 Å². The molecule has 1 aliphatic rings. The number of aliphatic imine (C=N–C) groups is 1. The van der Waals surface area contributed by atoms with Crippen LogP contribution in [0.1, 0.15) is 24.0 Å². The molecular formula is C17H23IN4OS. The van der Waals surface area contributed by atoms with Crippen molar-refractivity contribution in [1.29, 1.82) is 0 Å². The highest BCUT2D eigenvalue weighted by atomic mass is 127. The van der Waals surface area contributed by atoms with E-state index in [9.17, 15) is 0 Å². The van der Waals surface area contributed by atoms with E-state index in [0.29, 0.717) is 12.4 Å². The van der Waals surface area contributed by atoms with Crippen molar-refractivity contribution in [2.75, 3.05) is 13.7 Å². The lowest BCUT2D eigenvalue weighted by Gasteiger charge is -2.11. The molecule has 3 rings (SSSR count). The number of thiophene rings is 1. The topological polar surface area (TPSA) is 58.5 Å². The predicted octanol–water partition coefficient (Wildman–Crippen LogP) is 3.42. The summed E-state index contributed by atoms with van der Waals surface area (Å²) in [5.41, 5.74) is 2.36. The van der Waals surface area contributed by atoms with Crippen LogP contribution >= 0.6 is 35.3 Å². The van der Waals surface area contributed by atoms with Gasteiger partial charge < -0.3 is 15.4 Å². The van der Waals surface area contributed by atoms with E-state index in [2.05, 4.69) is 37.4 Å². The minimum absolute atomic E-state index is 0. The van der Waals surface area contributed by atoms with Gasteiger partial charge in [0.15, 0.2) is 5.96 Å². The summed E-state index contributed by atoms with van der Waals surface area (Å²) in [6, 6.07) is 6.07. The van der Waals surface area contributed by atoms with E-state index in [1.54, 1.807) is 18.4 Å². The Kier molecular flexibility index (Phi) is 7.77. The summed E-state index contributed by atoms with van der Waals surface area (Å²) in [6.45, 7) is 2.25. The van der Waals surface area contributed by atoms with E-state index in [-0.39, 0.29) is 24.0 Å². The van der Waals surface area contributed by atoms with Crippen molar-refractivity contribution in [2.45, 2.75) is 25.9 Å². The number of hydrogen-bond donors (Lipinski definition) is 2. The number of rotatable bonds is 7. The number of hydrogen-bond acceptors (Lipinski definition) is 4. The molecule has 1 aliphatic carbocycles. The molecule has 5 nitrogen and oxygen atoms in total. The molecule has 0 bridgehead atoms. The average Bonchev–Trinajstić information content (AvgIpc) is 3.28. The second-order valence-corrected chi connectivity index (χ2v) is 6.45. The Hall–Kier alpha value is -1.35. The van der Waals surface area contributed by atoms with Crippen LogP contribution in [0.3, 0.4) is 0 Å². The van der Waals surface area contributed by atoms with Crippen LogP contribution in [0.25, 0.3) is 0 Å². The fourth-order valence-corrected chi connectivity index (χ4v) is 2.74. The number of halogens is 1. The second-order valence-electron chi connectivity index (χ2n) is 5.67. The Bertz CT molecular complexity index is 627. The molecule has 2 aromatic rings. The van der Waals surface area contributed by atoms with Crippen LogP contribution in [-0.2, 0) is 13.1 Å². The summed E-state index contributed by atoms with van der Waals surface area (Å²) in [6.07, 6.45) is 4.43. The van der Waals surface area contributed by atoms with E-state index in [0.717, 1.165) is 30.6 Å². The third-order valence-corrected chi connectivity index (χ3v) is 4.42. The maximum atomic E-state index is 5.64. The fourth-order valence-electron chi connectivity index (χ4n) is 2.07. The number of aromatic nitrogens is 1. The van der Waals surface area contributed by atoms with Gasteiger partial charge in [-0.05, 0) is 46.7 Å². The zero-order chi connectivity index (χ0) is 15.9. The molecule has 2 aromatic heterocycles. The maximum Gasteiger partial charge on any atom is 0.213 e. The van der Waals surface area contributed by atoms with E-state index < -0.39 is 0 Å². The molecule has 1 saturated carbocycles. The first-order valence-corrected chi connectivity index (χ1v) is 8.81. The summed E-state index contributed by atoms with van der Waals surface area (Å²) in [5.74, 6) is 2.24. The van der Waals surface area contributed by atoms with Crippen molar-refractivity contribution in [3.05, 3.63) is 46.3 Å². The molecule has 0 atom stereocenters. The van der Waals surface area contributed by atoms with E-state index >= 15 is 0 Å². The Balaban J connectivity index is 0.00000208. The monoisotopic (exact) mass is 458 g/mol. The summed E-state index contributed by atoms with van der Waals surface area (Å²) >= 11 is 1.70. The molecule has 0 aliphatic heterocycles. The zero-order valence-corrected chi connectivity index (χ0v) is 16.8. The van der Waals surface area contributed by atoms with Gasteiger partial charge in [0.05, 0.1) is 6.61 Å². The van der Waals surface area contributed by atoms with Gasteiger partial charge in [-0.25, -0.2) is 4.98 Å². The lowest BCUT2D eigenvalue weighted by Crippen LogP contribution is -2.36. The van der Waals surface area contributed by atoms with Crippen LogP contribution in [0.5, 0.6) is 5.88 Å². The minimum atomic E-state index is 0. The van der Waals surface area contributed by atoms with Crippen LogP contribution in [0.2, 0.25) is 0 Å². The van der Waals surface area contributed by atoms with Crippen molar-refractivity contribution in [3.8, 4) is 5.88 Å². The van der Waals surface area contributed by atoms with Crippen LogP contribution < -0.4 is 15.4 Å². The fraction of sp³-hybridized carbons (Fsp3) is 0.412. The predicted molar refractivity (Wildman–Crippen MR) is 109 cm³/mol. The molecule has 0 radical (unpaired) electrons. The Morgan fingerprint density at radius 3 is 2.62 bits per heavy atom. The van der Waals surface area contributed by atoms with Crippen LogP contribution in [0.15, 0.2) is 40.1 Å². The van der Waals surface area contributed by atoms with Crippen molar-refractivity contribution >= 4 is 41.3 Å². The standard InChI is InChI=1S/C17H22N4OS.HI/c1-18-17(21-10-15-6-7-23-12-15)20-9-14-4-5-16(19-8-14)22-11-13-2-3-13;/h4-8,12-13H,2-3,9-11H2,1H3,(H2,18,20,21);1H. The summed E-state index contributed by atoms with van der Waals surface area (Å²) in [5, 5.41) is 10.8. The van der Waals surface area contributed by atoms with Crippen LogP contribution in [0, 0.1) is 5.92 Å². The first kappa shape index (κ1) is 19.0. The van der Waals surface area contributed by atoms with Gasteiger partial charge in [0.2, 0.25) is 5.88 Å². The third-order valence-electron chi connectivity index (χ3n) is 3.69. The molecule has 24 heavy (non-hydrogen) atoms. The maximum absolute atomic E-state index is 5.64. The molecule has 2 heterocycles. The summed E-state index contributed by atoms with van der Waals surface area (Å²) < 4.78 is 5.64. The average molecular weight is 458 g/mol. The molecule has 130 valence electrons. The first-order chi connectivity index (χ1) is 11.3. The van der Waals surface area contributed by atoms with Gasteiger partial charge in [0, 0.05) is 32.4 Å². The van der Waals surface area contributed by atoms with E-state index in [1.165, 1.54) is 18.4 Å². The smallest absolute Gasteiger partial charge is 0.213 e. The first-order valence-electron chi connectivity index (χ1n) is 7.87. The van der Waals surface area contributed by atoms with Gasteiger partial charge in [0.25, 0.3) is 0 Å².